The van der Waals surface area contributed by atoms with Crippen LogP contribution in [0.25, 0.3) is 109 Å². The van der Waals surface area contributed by atoms with E-state index in [4.69, 9.17) is 44.9 Å². The van der Waals surface area contributed by atoms with Gasteiger partial charge in [-0.25, -0.2) is 0 Å². The van der Waals surface area contributed by atoms with Gasteiger partial charge in [-0.2, -0.15) is 0 Å². The quantitative estimate of drug-likeness (QED) is 0.171. The number of rotatable bonds is 4. The predicted octanol–water partition coefficient (Wildman–Crippen LogP) is 18.5. The molecular formula is C72H44N8OV-4. The van der Waals surface area contributed by atoms with Crippen molar-refractivity contribution in [1.29, 1.82) is 0 Å². The summed E-state index contributed by atoms with van der Waals surface area (Å²) < 4.78 is 8.19. The van der Waals surface area contributed by atoms with Gasteiger partial charge in [-0.15, -0.1) is 0 Å². The van der Waals surface area contributed by atoms with Crippen molar-refractivity contribution >= 4 is 66.4 Å². The van der Waals surface area contributed by atoms with Crippen molar-refractivity contribution in [3.05, 3.63) is 308 Å². The van der Waals surface area contributed by atoms with E-state index < -0.39 is 24.7 Å². The standard InChI is InChI=1S/C72H44N8.O.V/c1-5-21-41(22-6-1)57-49-33-17-13-29-45(49)37-53-61(57)69-73-65(53)78-70-63-55(39-47-31-15-19-35-51(47)59(63)43-25-9-3-10-26-43)67(75-70)80-72-64-56(40-48-32-16-20-36-52(48)60(64)44-27-11-4-12-28-44)68(76-72)79-71-62-54(66(74-71)77-69)38-46-30-14-18-34-50(46)58(62)42-23-7-2-8-24-42;;/h1-40,65-68H;;/q-4;;. The SMILES string of the molecule is [O]=[V].c1ccc(-c2c3c(cc4ccccc24)C2/N=C4\[N-]C(/N=C5\[N-]C(/N=C6\[N-]C(/N=C/3[N-]2)c2cc3ccccc3c(-c3ccccc3)c26)c2cc3ccccc3c(-c3ccccc3)c25)c2cc3ccccc3c(-c3ccccc3)c24)cc1. The second kappa shape index (κ2) is 19.3. The van der Waals surface area contributed by atoms with Crippen LogP contribution in [-0.2, 0) is 21.0 Å². The molecule has 8 bridgehead atoms. The molecule has 5 aliphatic heterocycles. The minimum Gasteiger partial charge on any atom is -0.458 e. The van der Waals surface area contributed by atoms with Crippen molar-refractivity contribution in [2.24, 2.45) is 20.0 Å². The number of hydrogen-bond donors (Lipinski definition) is 0. The molecule has 12 aromatic carbocycles. The Bertz CT molecular complexity index is 4150. The van der Waals surface area contributed by atoms with Crippen LogP contribution in [0.1, 0.15) is 69.2 Å². The van der Waals surface area contributed by atoms with Crippen LogP contribution in [0.3, 0.4) is 0 Å². The van der Waals surface area contributed by atoms with Gasteiger partial charge in [-0.3, -0.25) is 0 Å². The second-order valence-corrected chi connectivity index (χ2v) is 21.0. The molecule has 0 radical (unpaired) electrons. The topological polar surface area (TPSA) is 123 Å². The van der Waals surface area contributed by atoms with Gasteiger partial charge in [0.1, 0.15) is 0 Å². The van der Waals surface area contributed by atoms with Crippen molar-refractivity contribution in [1.82, 2.24) is 0 Å². The Morgan fingerprint density at radius 2 is 0.439 bits per heavy atom. The molecule has 10 heteroatoms. The molecule has 12 aromatic rings. The summed E-state index contributed by atoms with van der Waals surface area (Å²) in [5, 5.41) is 31.5. The van der Waals surface area contributed by atoms with Gasteiger partial charge in [-0.1, -0.05) is 266 Å². The van der Waals surface area contributed by atoms with Crippen LogP contribution < -0.4 is 0 Å². The third kappa shape index (κ3) is 7.54. The van der Waals surface area contributed by atoms with Crippen LogP contribution in [0.2, 0.25) is 0 Å². The molecule has 82 heavy (non-hydrogen) atoms. The molecule has 387 valence electrons. The zero-order valence-corrected chi connectivity index (χ0v) is 45.2. The zero-order chi connectivity index (χ0) is 54.4. The van der Waals surface area contributed by atoms with Crippen molar-refractivity contribution < 1.29 is 21.0 Å². The van der Waals surface area contributed by atoms with E-state index in [1.807, 2.05) is 0 Å². The summed E-state index contributed by atoms with van der Waals surface area (Å²) in [6, 6.07) is 85.9. The van der Waals surface area contributed by atoms with E-state index >= 15 is 0 Å². The van der Waals surface area contributed by atoms with Crippen LogP contribution in [0.5, 0.6) is 0 Å². The first-order valence-electron chi connectivity index (χ1n) is 27.5. The fraction of sp³-hybridized carbons (Fsp3) is 0.0556. The van der Waals surface area contributed by atoms with Crippen molar-refractivity contribution in [3.8, 4) is 44.5 Å². The van der Waals surface area contributed by atoms with E-state index in [0.717, 1.165) is 149 Å². The van der Waals surface area contributed by atoms with Crippen LogP contribution in [-0.4, -0.2) is 23.3 Å². The summed E-state index contributed by atoms with van der Waals surface area (Å²) in [5.74, 6) is 2.31. The van der Waals surface area contributed by atoms with Crippen molar-refractivity contribution in [3.63, 3.8) is 0 Å². The second-order valence-electron chi connectivity index (χ2n) is 21.0. The third-order valence-corrected chi connectivity index (χ3v) is 16.5. The number of hydrogen-bond acceptors (Lipinski definition) is 5. The molecule has 9 nitrogen and oxygen atoms in total. The van der Waals surface area contributed by atoms with Gasteiger partial charge in [0, 0.05) is 0 Å². The Hall–Kier alpha value is -10.1. The number of amidine groups is 4. The van der Waals surface area contributed by atoms with Gasteiger partial charge in [0.15, 0.2) is 0 Å². The Labute approximate surface area is 482 Å². The predicted molar refractivity (Wildman–Crippen MR) is 329 cm³/mol. The van der Waals surface area contributed by atoms with Crippen LogP contribution in [0, 0.1) is 0 Å². The minimum atomic E-state index is -0.723. The molecule has 4 atom stereocenters. The Kier molecular flexibility index (Phi) is 11.3. The van der Waals surface area contributed by atoms with Crippen molar-refractivity contribution in [2.75, 3.05) is 0 Å². The van der Waals surface area contributed by atoms with E-state index in [1.54, 1.807) is 0 Å². The maximum atomic E-state index is 8.19. The molecule has 0 aromatic heterocycles. The Balaban J connectivity index is 0.00000274. The summed E-state index contributed by atoms with van der Waals surface area (Å²) >= 11 is 1.06. The normalized spacial score (nSPS) is 20.3. The summed E-state index contributed by atoms with van der Waals surface area (Å²) in [5.41, 5.74) is 16.0. The van der Waals surface area contributed by atoms with Crippen molar-refractivity contribution in [2.45, 2.75) is 24.7 Å². The molecule has 0 fully saturated rings. The number of nitrogens with zero attached hydrogens (tertiary/aromatic N) is 8. The molecule has 0 saturated heterocycles. The Morgan fingerprint density at radius 3 is 0.659 bits per heavy atom. The van der Waals surface area contributed by atoms with Gasteiger partial charge in [0.05, 0.1) is 0 Å². The number of aliphatic imine (C=N–C) groups is 4. The van der Waals surface area contributed by atoms with Crippen LogP contribution in [0.4, 0.5) is 0 Å². The molecule has 5 aliphatic rings. The van der Waals surface area contributed by atoms with Crippen LogP contribution >= 0.6 is 0 Å². The van der Waals surface area contributed by atoms with E-state index in [0.29, 0.717) is 23.3 Å². The molecule has 0 N–H and O–H groups in total. The smallest absolute Gasteiger partial charge is 0.00315 e. The van der Waals surface area contributed by atoms with Gasteiger partial charge in [0.25, 0.3) is 0 Å². The molecule has 0 amide bonds. The maximum Gasteiger partial charge on any atom is -0.00315 e. The largest absolute Gasteiger partial charge is 0.458 e. The maximum absolute atomic E-state index is 8.19. The summed E-state index contributed by atoms with van der Waals surface area (Å²) in [4.78, 5) is 23.2. The summed E-state index contributed by atoms with van der Waals surface area (Å²) in [6.07, 6.45) is -2.89. The first-order chi connectivity index (χ1) is 40.7. The van der Waals surface area contributed by atoms with E-state index in [1.165, 1.54) is 0 Å². The molecule has 17 rings (SSSR count). The molecule has 0 saturated carbocycles. The first-order valence-corrected chi connectivity index (χ1v) is 28.0. The number of benzene rings is 12. The zero-order valence-electron chi connectivity index (χ0n) is 43.8. The summed E-state index contributed by atoms with van der Waals surface area (Å²) in [7, 11) is 0. The average Bonchev–Trinajstić information content (AvgIpc) is 3.99. The third-order valence-electron chi connectivity index (χ3n) is 16.5. The molecule has 5 heterocycles. The van der Waals surface area contributed by atoms with Gasteiger partial charge in [0.2, 0.25) is 0 Å². The first kappa shape index (κ1) is 47.9. The fourth-order valence-corrected chi connectivity index (χ4v) is 13.1. The van der Waals surface area contributed by atoms with Gasteiger partial charge in [-0.05, 0) is 157 Å². The molecule has 4 unspecified atom stereocenters. The average molecular weight is 1090 g/mol. The number of fused-ring (bicyclic) bond motifs is 24. The Morgan fingerprint density at radius 1 is 0.244 bits per heavy atom. The molecule has 0 spiro atoms. The summed E-state index contributed by atoms with van der Waals surface area (Å²) in [6.45, 7) is 0. The molecular weight excluding hydrogens is 1040 g/mol. The fourth-order valence-electron chi connectivity index (χ4n) is 13.1. The van der Waals surface area contributed by atoms with Gasteiger partial charge >= 0.3 is 21.0 Å². The monoisotopic (exact) mass is 1090 g/mol. The molecule has 0 aliphatic carbocycles. The van der Waals surface area contributed by atoms with E-state index in [-0.39, 0.29) is 0 Å². The minimum absolute atomic E-state index is 0.577. The van der Waals surface area contributed by atoms with E-state index in [2.05, 4.69) is 243 Å². The van der Waals surface area contributed by atoms with E-state index in [9.17, 15) is 0 Å². The van der Waals surface area contributed by atoms with Crippen LogP contribution in [0.15, 0.2) is 263 Å². The van der Waals surface area contributed by atoms with Gasteiger partial charge < -0.3 is 41.2 Å².